The molecule has 0 unspecified atom stereocenters. The van der Waals surface area contributed by atoms with Gasteiger partial charge in [0.15, 0.2) is 0 Å². The Balaban J connectivity index is 1.48. The van der Waals surface area contributed by atoms with Crippen LogP contribution in [0, 0.1) is 0 Å². The Morgan fingerprint density at radius 2 is 1.61 bits per heavy atom. The molecule has 0 saturated heterocycles. The maximum atomic E-state index is 12.3. The van der Waals surface area contributed by atoms with Gasteiger partial charge in [0.1, 0.15) is 24.7 Å². The zero-order chi connectivity index (χ0) is 19.6. The van der Waals surface area contributed by atoms with Crippen LogP contribution in [0.2, 0.25) is 0 Å². The third-order valence-corrected chi connectivity index (χ3v) is 4.28. The van der Waals surface area contributed by atoms with Crippen molar-refractivity contribution in [1.82, 2.24) is 0 Å². The lowest BCUT2D eigenvalue weighted by atomic mass is 10.3. The van der Waals surface area contributed by atoms with Crippen LogP contribution < -0.4 is 20.1 Å². The highest BCUT2D eigenvalue weighted by Crippen LogP contribution is 2.24. The van der Waals surface area contributed by atoms with E-state index in [9.17, 15) is 4.79 Å². The summed E-state index contributed by atoms with van der Waals surface area (Å²) in [7, 11) is 0. The summed E-state index contributed by atoms with van der Waals surface area (Å²) in [5, 5.41) is 5.97. The number of hydrogen-bond donors (Lipinski definition) is 2. The van der Waals surface area contributed by atoms with Crippen LogP contribution in [-0.2, 0) is 4.79 Å². The van der Waals surface area contributed by atoms with E-state index in [1.165, 1.54) is 0 Å². The van der Waals surface area contributed by atoms with E-state index in [4.69, 9.17) is 9.47 Å². The minimum Gasteiger partial charge on any atom is -0.490 e. The molecule has 5 nitrogen and oxygen atoms in total. The second kappa shape index (κ2) is 10.4. The number of halogens is 1. The van der Waals surface area contributed by atoms with Crippen molar-refractivity contribution in [3.63, 3.8) is 0 Å². The van der Waals surface area contributed by atoms with E-state index < -0.39 is 0 Å². The second-order valence-corrected chi connectivity index (χ2v) is 6.83. The smallest absolute Gasteiger partial charge is 0.243 e. The standard InChI is InChI=1S/C22H21BrN2O3/c23-17-7-6-8-18(15-17)24-16-22(26)25-20-11-4-5-12-21(20)28-14-13-27-19-9-2-1-3-10-19/h1-12,15,24H,13-14,16H2,(H,25,26). The van der Waals surface area contributed by atoms with Crippen molar-refractivity contribution in [2.45, 2.75) is 0 Å². The number of carbonyl (C=O) groups is 1. The van der Waals surface area contributed by atoms with Crippen molar-refractivity contribution in [1.29, 1.82) is 0 Å². The summed E-state index contributed by atoms with van der Waals surface area (Å²) < 4.78 is 12.3. The van der Waals surface area contributed by atoms with Gasteiger partial charge in [-0.3, -0.25) is 4.79 Å². The Morgan fingerprint density at radius 1 is 0.857 bits per heavy atom. The quantitative estimate of drug-likeness (QED) is 0.461. The average Bonchev–Trinajstić information content (AvgIpc) is 2.72. The Bertz CT molecular complexity index is 903. The first-order chi connectivity index (χ1) is 13.7. The molecule has 3 aromatic rings. The molecular weight excluding hydrogens is 420 g/mol. The monoisotopic (exact) mass is 440 g/mol. The van der Waals surface area contributed by atoms with Gasteiger partial charge in [-0.25, -0.2) is 0 Å². The summed E-state index contributed by atoms with van der Waals surface area (Å²) in [6, 6.07) is 24.6. The summed E-state index contributed by atoms with van der Waals surface area (Å²) in [6.45, 7) is 0.941. The van der Waals surface area contributed by atoms with Crippen LogP contribution >= 0.6 is 15.9 Å². The van der Waals surface area contributed by atoms with Gasteiger partial charge in [0.05, 0.1) is 12.2 Å². The molecule has 3 rings (SSSR count). The van der Waals surface area contributed by atoms with Gasteiger partial charge in [-0.05, 0) is 42.5 Å². The lowest BCUT2D eigenvalue weighted by Gasteiger charge is -2.13. The Labute approximate surface area is 172 Å². The number of ether oxygens (including phenoxy) is 2. The van der Waals surface area contributed by atoms with E-state index in [1.54, 1.807) is 0 Å². The third kappa shape index (κ3) is 6.32. The van der Waals surface area contributed by atoms with Gasteiger partial charge in [-0.2, -0.15) is 0 Å². The van der Waals surface area contributed by atoms with Crippen LogP contribution in [0.5, 0.6) is 11.5 Å². The molecule has 2 N–H and O–H groups in total. The number of hydrogen-bond acceptors (Lipinski definition) is 4. The summed E-state index contributed by atoms with van der Waals surface area (Å²) in [5.41, 5.74) is 1.50. The van der Waals surface area contributed by atoms with Gasteiger partial charge in [-0.15, -0.1) is 0 Å². The fourth-order valence-electron chi connectivity index (χ4n) is 2.50. The molecule has 0 aliphatic rings. The summed E-state index contributed by atoms with van der Waals surface area (Å²) in [4.78, 5) is 12.3. The average molecular weight is 441 g/mol. The fraction of sp³-hybridized carbons (Fsp3) is 0.136. The number of para-hydroxylation sites is 3. The summed E-state index contributed by atoms with van der Waals surface area (Å²) in [5.74, 6) is 1.25. The van der Waals surface area contributed by atoms with E-state index in [-0.39, 0.29) is 12.5 Å². The zero-order valence-electron chi connectivity index (χ0n) is 15.2. The number of rotatable bonds is 9. The fourth-order valence-corrected chi connectivity index (χ4v) is 2.90. The number of carbonyl (C=O) groups excluding carboxylic acids is 1. The van der Waals surface area contributed by atoms with Gasteiger partial charge >= 0.3 is 0 Å². The first-order valence-corrected chi connectivity index (χ1v) is 9.69. The predicted molar refractivity (Wildman–Crippen MR) is 115 cm³/mol. The highest BCUT2D eigenvalue weighted by atomic mass is 79.9. The molecule has 6 heteroatoms. The van der Waals surface area contributed by atoms with Gasteiger partial charge < -0.3 is 20.1 Å². The minimum atomic E-state index is -0.156. The molecule has 0 atom stereocenters. The third-order valence-electron chi connectivity index (χ3n) is 3.79. The molecule has 0 heterocycles. The molecule has 0 bridgehead atoms. The zero-order valence-corrected chi connectivity index (χ0v) is 16.8. The number of benzene rings is 3. The van der Waals surface area contributed by atoms with Crippen molar-refractivity contribution in [3.05, 3.63) is 83.3 Å². The van der Waals surface area contributed by atoms with Gasteiger partial charge in [-0.1, -0.05) is 52.3 Å². The van der Waals surface area contributed by atoms with Crippen molar-refractivity contribution < 1.29 is 14.3 Å². The van der Waals surface area contributed by atoms with Gasteiger partial charge in [0.25, 0.3) is 0 Å². The molecule has 0 radical (unpaired) electrons. The summed E-state index contributed by atoms with van der Waals surface area (Å²) in [6.07, 6.45) is 0. The summed E-state index contributed by atoms with van der Waals surface area (Å²) >= 11 is 3.41. The van der Waals surface area contributed by atoms with Crippen LogP contribution in [-0.4, -0.2) is 25.7 Å². The van der Waals surface area contributed by atoms with E-state index in [0.29, 0.717) is 24.7 Å². The number of anilines is 2. The Morgan fingerprint density at radius 3 is 2.43 bits per heavy atom. The van der Waals surface area contributed by atoms with Crippen LogP contribution in [0.15, 0.2) is 83.3 Å². The molecular formula is C22H21BrN2O3. The van der Waals surface area contributed by atoms with E-state index >= 15 is 0 Å². The molecule has 0 spiro atoms. The molecule has 0 saturated carbocycles. The molecule has 3 aromatic carbocycles. The predicted octanol–water partition coefficient (Wildman–Crippen LogP) is 4.96. The molecule has 0 aromatic heterocycles. The molecule has 0 aliphatic carbocycles. The van der Waals surface area contributed by atoms with Crippen LogP contribution in [0.3, 0.4) is 0 Å². The lowest BCUT2D eigenvalue weighted by Crippen LogP contribution is -2.22. The molecule has 1 amide bonds. The first-order valence-electron chi connectivity index (χ1n) is 8.90. The van der Waals surface area contributed by atoms with E-state index in [2.05, 4.69) is 26.6 Å². The van der Waals surface area contributed by atoms with Crippen LogP contribution in [0.1, 0.15) is 0 Å². The van der Waals surface area contributed by atoms with Gasteiger partial charge in [0, 0.05) is 10.2 Å². The van der Waals surface area contributed by atoms with Crippen molar-refractivity contribution >= 4 is 33.2 Å². The second-order valence-electron chi connectivity index (χ2n) is 5.92. The maximum Gasteiger partial charge on any atom is 0.243 e. The largest absolute Gasteiger partial charge is 0.490 e. The molecule has 28 heavy (non-hydrogen) atoms. The van der Waals surface area contributed by atoms with Crippen LogP contribution in [0.25, 0.3) is 0 Å². The number of amides is 1. The number of nitrogens with one attached hydrogen (secondary N) is 2. The highest BCUT2D eigenvalue weighted by Gasteiger charge is 2.08. The first kappa shape index (κ1) is 19.8. The van der Waals surface area contributed by atoms with Crippen molar-refractivity contribution in [2.24, 2.45) is 0 Å². The molecule has 0 fully saturated rings. The highest BCUT2D eigenvalue weighted by molar-refractivity contribution is 9.10. The SMILES string of the molecule is O=C(CNc1cccc(Br)c1)Nc1ccccc1OCCOc1ccccc1. The minimum absolute atomic E-state index is 0.155. The van der Waals surface area contributed by atoms with E-state index in [0.717, 1.165) is 15.9 Å². The van der Waals surface area contributed by atoms with Crippen LogP contribution in [0.4, 0.5) is 11.4 Å². The maximum absolute atomic E-state index is 12.3. The van der Waals surface area contributed by atoms with Crippen molar-refractivity contribution in [2.75, 3.05) is 30.4 Å². The van der Waals surface area contributed by atoms with Gasteiger partial charge in [0.2, 0.25) is 5.91 Å². The molecule has 0 aliphatic heterocycles. The van der Waals surface area contributed by atoms with E-state index in [1.807, 2.05) is 78.9 Å². The Hall–Kier alpha value is -2.99. The normalized spacial score (nSPS) is 10.2. The topological polar surface area (TPSA) is 59.6 Å². The molecule has 144 valence electrons. The lowest BCUT2D eigenvalue weighted by molar-refractivity contribution is -0.114. The Kier molecular flexibility index (Phi) is 7.32. The van der Waals surface area contributed by atoms with Crippen molar-refractivity contribution in [3.8, 4) is 11.5 Å².